The molecule has 0 saturated heterocycles. The predicted molar refractivity (Wildman–Crippen MR) is 434 cm³/mol. The number of aliphatic carboxylic acids is 1. The minimum Gasteiger partial charge on any atom is -0.545 e. The van der Waals surface area contributed by atoms with Crippen molar-refractivity contribution in [1.29, 1.82) is 0 Å². The Bertz CT molecular complexity index is 2420. The summed E-state index contributed by atoms with van der Waals surface area (Å²) in [6.07, 6.45) is 121. The number of carboxylic acid groups (broad SMARTS) is 1. The van der Waals surface area contributed by atoms with E-state index in [1.165, 1.54) is 109 Å². The standard InChI is InChI=1S/C92H147NO8/c1-6-8-10-12-14-16-18-20-22-24-26-28-30-32-34-36-38-40-42-43-44-45-46-47-49-50-52-54-56-58-60-62-64-66-68-70-72-74-76-78-80-82-89(94)99-86-88(87-100-92(91(96)97)98-85-84-93(3,4)5)101-90(95)83-81-79-77-75-73-71-69-67-65-63-61-59-57-55-53-51-48-41-39-37-35-33-31-29-27-25-23-21-19-17-15-13-11-9-7-2/h8-11,14-17,20-23,26-29,32-35,38-41,43-44,51,53,57,59,63,65,69,71,88,92H,6-7,12-13,18-19,24-25,30-31,36-37,42,45-50,52,54-56,58,60-62,64,66-68,70,72-87H2,1-5H3/b10-8-,11-9-,16-14-,17-15-,22-20-,23-21-,28-26-,29-27-,34-32-,35-33-,40-38-,41-39-,44-43-,53-51-,59-57-,65-63-,71-69-. The fourth-order valence-electron chi connectivity index (χ4n) is 10.5. The Hall–Kier alpha value is -6.13. The van der Waals surface area contributed by atoms with Gasteiger partial charge >= 0.3 is 11.9 Å². The molecule has 0 aliphatic heterocycles. The third kappa shape index (κ3) is 81.0. The van der Waals surface area contributed by atoms with Crippen LogP contribution in [0.3, 0.4) is 0 Å². The predicted octanol–water partition coefficient (Wildman–Crippen LogP) is 24.9. The van der Waals surface area contributed by atoms with Crippen molar-refractivity contribution in [3.63, 3.8) is 0 Å². The molecule has 101 heavy (non-hydrogen) atoms. The van der Waals surface area contributed by atoms with Crippen LogP contribution in [-0.4, -0.2) is 82.3 Å². The first kappa shape index (κ1) is 94.9. The highest BCUT2D eigenvalue weighted by atomic mass is 16.7. The zero-order chi connectivity index (χ0) is 73.2. The molecule has 568 valence electrons. The lowest BCUT2D eigenvalue weighted by Gasteiger charge is -2.26. The van der Waals surface area contributed by atoms with Crippen LogP contribution in [0.5, 0.6) is 0 Å². The van der Waals surface area contributed by atoms with Gasteiger partial charge in [-0.05, 0) is 148 Å². The number of ether oxygens (including phenoxy) is 4. The average molecular weight is 1400 g/mol. The minimum absolute atomic E-state index is 0.133. The zero-order valence-corrected chi connectivity index (χ0v) is 64.9. The van der Waals surface area contributed by atoms with E-state index in [1.807, 2.05) is 21.1 Å². The van der Waals surface area contributed by atoms with Crippen molar-refractivity contribution < 1.29 is 42.9 Å². The number of quaternary nitrogens is 1. The van der Waals surface area contributed by atoms with E-state index < -0.39 is 24.3 Å². The Kier molecular flexibility index (Phi) is 74.7. The van der Waals surface area contributed by atoms with Crippen molar-refractivity contribution in [2.75, 3.05) is 47.5 Å². The van der Waals surface area contributed by atoms with Crippen molar-refractivity contribution in [3.8, 4) is 0 Å². The molecule has 2 unspecified atom stereocenters. The maximum Gasteiger partial charge on any atom is 0.306 e. The third-order valence-electron chi connectivity index (χ3n) is 16.5. The molecule has 0 aromatic carbocycles. The van der Waals surface area contributed by atoms with E-state index in [0.29, 0.717) is 17.4 Å². The molecule has 0 aliphatic rings. The van der Waals surface area contributed by atoms with Crippen LogP contribution in [0.1, 0.15) is 296 Å². The third-order valence-corrected chi connectivity index (χ3v) is 16.5. The monoisotopic (exact) mass is 1390 g/mol. The van der Waals surface area contributed by atoms with Crippen LogP contribution in [0.15, 0.2) is 207 Å². The summed E-state index contributed by atoms with van der Waals surface area (Å²) in [6.45, 7) is 4.48. The zero-order valence-electron chi connectivity index (χ0n) is 64.9. The second-order valence-corrected chi connectivity index (χ2v) is 27.2. The summed E-state index contributed by atoms with van der Waals surface area (Å²) in [5.74, 6) is -2.33. The van der Waals surface area contributed by atoms with Crippen molar-refractivity contribution in [1.82, 2.24) is 0 Å². The van der Waals surface area contributed by atoms with Crippen molar-refractivity contribution in [3.05, 3.63) is 207 Å². The summed E-state index contributed by atoms with van der Waals surface area (Å²) in [6, 6.07) is 0. The molecule has 0 radical (unpaired) electrons. The molecule has 0 bridgehead atoms. The van der Waals surface area contributed by atoms with Crippen LogP contribution in [0.25, 0.3) is 0 Å². The second-order valence-electron chi connectivity index (χ2n) is 27.2. The Morgan fingerprint density at radius 3 is 0.792 bits per heavy atom. The number of unbranched alkanes of at least 4 members (excludes halogenated alkanes) is 23. The van der Waals surface area contributed by atoms with E-state index in [-0.39, 0.29) is 38.6 Å². The fourth-order valence-corrected chi connectivity index (χ4v) is 10.5. The number of carbonyl (C=O) groups excluding carboxylic acids is 3. The van der Waals surface area contributed by atoms with Gasteiger partial charge in [0.15, 0.2) is 12.4 Å². The Balaban J connectivity index is 4.13. The van der Waals surface area contributed by atoms with Gasteiger partial charge < -0.3 is 33.3 Å². The van der Waals surface area contributed by atoms with Gasteiger partial charge in [0, 0.05) is 12.8 Å². The Morgan fingerprint density at radius 1 is 0.297 bits per heavy atom. The summed E-state index contributed by atoms with van der Waals surface area (Å²) >= 11 is 0. The molecule has 2 atom stereocenters. The molecule has 0 N–H and O–H groups in total. The molecule has 0 heterocycles. The van der Waals surface area contributed by atoms with E-state index in [4.69, 9.17) is 18.9 Å². The molecule has 0 saturated carbocycles. The van der Waals surface area contributed by atoms with Crippen LogP contribution >= 0.6 is 0 Å². The lowest BCUT2D eigenvalue weighted by molar-refractivity contribution is -0.870. The van der Waals surface area contributed by atoms with E-state index >= 15 is 0 Å². The minimum atomic E-state index is -1.64. The molecular weight excluding hydrogens is 1250 g/mol. The van der Waals surface area contributed by atoms with Gasteiger partial charge in [-0.15, -0.1) is 0 Å². The summed E-state index contributed by atoms with van der Waals surface area (Å²) in [7, 11) is 5.92. The number of rotatable bonds is 72. The molecule has 0 spiro atoms. The maximum absolute atomic E-state index is 13.0. The van der Waals surface area contributed by atoms with E-state index in [0.717, 1.165) is 154 Å². The van der Waals surface area contributed by atoms with Gasteiger partial charge in [0.1, 0.15) is 13.2 Å². The summed E-state index contributed by atoms with van der Waals surface area (Å²) in [5, 5.41) is 11.9. The number of carbonyl (C=O) groups is 3. The number of allylic oxidation sites excluding steroid dienone is 34. The fraction of sp³-hybridized carbons (Fsp3) is 0.598. The Morgan fingerprint density at radius 2 is 0.535 bits per heavy atom. The van der Waals surface area contributed by atoms with Crippen LogP contribution < -0.4 is 5.11 Å². The normalized spacial score (nSPS) is 13.8. The number of esters is 2. The molecule has 0 amide bonds. The average Bonchev–Trinajstić information content (AvgIpc) is 1.25. The van der Waals surface area contributed by atoms with Gasteiger partial charge in [0.2, 0.25) is 0 Å². The summed E-state index contributed by atoms with van der Waals surface area (Å²) in [4.78, 5) is 37.6. The van der Waals surface area contributed by atoms with Crippen LogP contribution in [-0.2, 0) is 33.3 Å². The van der Waals surface area contributed by atoms with Gasteiger partial charge in [-0.3, -0.25) is 9.59 Å². The van der Waals surface area contributed by atoms with Crippen molar-refractivity contribution in [2.24, 2.45) is 0 Å². The van der Waals surface area contributed by atoms with Crippen molar-refractivity contribution >= 4 is 17.9 Å². The molecular formula is C92H147NO8. The lowest BCUT2D eigenvalue weighted by atomic mass is 10.0. The van der Waals surface area contributed by atoms with E-state index in [2.05, 4.69) is 220 Å². The first-order valence-electron chi connectivity index (χ1n) is 40.2. The highest BCUT2D eigenvalue weighted by Crippen LogP contribution is 2.17. The first-order chi connectivity index (χ1) is 49.6. The molecule has 9 heteroatoms. The van der Waals surface area contributed by atoms with Gasteiger partial charge in [0.25, 0.3) is 0 Å². The molecule has 0 fully saturated rings. The molecule has 0 rings (SSSR count). The van der Waals surface area contributed by atoms with Gasteiger partial charge in [-0.2, -0.15) is 0 Å². The smallest absolute Gasteiger partial charge is 0.306 e. The van der Waals surface area contributed by atoms with E-state index in [9.17, 15) is 19.5 Å². The number of hydrogen-bond donors (Lipinski definition) is 0. The SMILES string of the molecule is CC/C=C\C/C=C\C/C=C\C/C=C\C/C=C\C/C=C\C/C=C\C/C=C\C/C=C\C/C=C\CCCCCCC(=O)OC(COC(=O)CCCCCCCCCCCCCCCCCCCCC/C=C\C/C=C\C/C=C\C/C=C\C/C=C\C/C=C\C/C=C\CC)COC(OCC[N+](C)(C)C)C(=O)[O-]. The number of carboxylic acids is 1. The van der Waals surface area contributed by atoms with Crippen LogP contribution in [0.2, 0.25) is 0 Å². The van der Waals surface area contributed by atoms with Gasteiger partial charge in [-0.1, -0.05) is 342 Å². The second kappa shape index (κ2) is 79.6. The van der Waals surface area contributed by atoms with Gasteiger partial charge in [0.05, 0.1) is 40.3 Å². The van der Waals surface area contributed by atoms with Crippen LogP contribution in [0.4, 0.5) is 0 Å². The topological polar surface area (TPSA) is 111 Å². The highest BCUT2D eigenvalue weighted by Gasteiger charge is 2.22. The van der Waals surface area contributed by atoms with Crippen molar-refractivity contribution in [2.45, 2.75) is 309 Å². The van der Waals surface area contributed by atoms with E-state index in [1.54, 1.807) is 0 Å². The van der Waals surface area contributed by atoms with Gasteiger partial charge in [-0.25, -0.2) is 0 Å². The lowest BCUT2D eigenvalue weighted by Crippen LogP contribution is -2.44. The largest absolute Gasteiger partial charge is 0.545 e. The number of hydrogen-bond acceptors (Lipinski definition) is 8. The maximum atomic E-state index is 13.0. The molecule has 0 aliphatic carbocycles. The summed E-state index contributed by atoms with van der Waals surface area (Å²) < 4.78 is 22.8. The highest BCUT2D eigenvalue weighted by molar-refractivity contribution is 5.70. The number of likely N-dealkylation sites (N-methyl/N-ethyl adjacent to an activating group) is 1. The Labute approximate surface area is 620 Å². The molecule has 9 nitrogen and oxygen atoms in total. The molecule has 0 aromatic rings. The van der Waals surface area contributed by atoms with Crippen LogP contribution in [0, 0.1) is 0 Å². The quantitative estimate of drug-likeness (QED) is 0.0195. The summed E-state index contributed by atoms with van der Waals surface area (Å²) in [5.41, 5.74) is 0. The molecule has 0 aromatic heterocycles. The number of nitrogens with zero attached hydrogens (tertiary/aromatic N) is 1. The first-order valence-corrected chi connectivity index (χ1v) is 40.2.